The number of carbonyl (C=O) groups excluding carboxylic acids is 1. The van der Waals surface area contributed by atoms with Gasteiger partial charge in [0.1, 0.15) is 0 Å². The Kier molecular flexibility index (Phi) is 5.39. The number of rotatable bonds is 5. The summed E-state index contributed by atoms with van der Waals surface area (Å²) in [5, 5.41) is 3.25. The summed E-state index contributed by atoms with van der Waals surface area (Å²) in [6, 6.07) is 15.1. The van der Waals surface area contributed by atoms with Gasteiger partial charge in [0.2, 0.25) is 0 Å². The molecule has 0 radical (unpaired) electrons. The molecule has 0 amide bonds. The molecule has 0 fully saturated rings. The summed E-state index contributed by atoms with van der Waals surface area (Å²) in [6.07, 6.45) is 0. The number of ether oxygens (including phenoxy) is 1. The van der Waals surface area contributed by atoms with Crippen LogP contribution in [-0.4, -0.2) is 12.6 Å². The Morgan fingerprint density at radius 1 is 1.24 bits per heavy atom. The van der Waals surface area contributed by atoms with Crippen molar-refractivity contribution < 1.29 is 9.53 Å². The van der Waals surface area contributed by atoms with E-state index in [0.717, 1.165) is 21.3 Å². The summed E-state index contributed by atoms with van der Waals surface area (Å²) in [5.41, 5.74) is 2.90. The first-order valence-electron chi connectivity index (χ1n) is 6.85. The summed E-state index contributed by atoms with van der Waals surface area (Å²) in [7, 11) is 0. The number of carbonyl (C=O) groups is 1. The number of hydrogen-bond donors (Lipinski definition) is 1. The standard InChI is InChI=1S/C17H18BrNO2/c1-3-21-17(20)16(13-7-5-8-14(18)11-13)19-15-9-4-6-12(2)10-15/h4-11,16,19H,3H2,1-2H3. The van der Waals surface area contributed by atoms with Crippen molar-refractivity contribution in [1.29, 1.82) is 0 Å². The number of aryl methyl sites for hydroxylation is 1. The molecule has 0 saturated carbocycles. The second kappa shape index (κ2) is 7.27. The van der Waals surface area contributed by atoms with Gasteiger partial charge in [0.05, 0.1) is 6.61 Å². The lowest BCUT2D eigenvalue weighted by Crippen LogP contribution is -2.23. The molecule has 0 aliphatic rings. The molecule has 0 bridgehead atoms. The smallest absolute Gasteiger partial charge is 0.333 e. The molecule has 1 N–H and O–H groups in total. The summed E-state index contributed by atoms with van der Waals surface area (Å²) < 4.78 is 6.11. The lowest BCUT2D eigenvalue weighted by atomic mass is 10.1. The van der Waals surface area contributed by atoms with Crippen LogP contribution in [0.2, 0.25) is 0 Å². The minimum atomic E-state index is -0.524. The largest absolute Gasteiger partial charge is 0.464 e. The van der Waals surface area contributed by atoms with Crippen molar-refractivity contribution in [2.24, 2.45) is 0 Å². The van der Waals surface area contributed by atoms with E-state index >= 15 is 0 Å². The van der Waals surface area contributed by atoms with Gasteiger partial charge in [-0.05, 0) is 49.2 Å². The summed E-state index contributed by atoms with van der Waals surface area (Å²) in [5.74, 6) is -0.280. The van der Waals surface area contributed by atoms with Gasteiger partial charge in [-0.15, -0.1) is 0 Å². The van der Waals surface area contributed by atoms with Gasteiger partial charge in [0.15, 0.2) is 6.04 Å². The number of nitrogens with one attached hydrogen (secondary N) is 1. The molecule has 0 aliphatic heterocycles. The quantitative estimate of drug-likeness (QED) is 0.810. The lowest BCUT2D eigenvalue weighted by molar-refractivity contribution is -0.144. The van der Waals surface area contributed by atoms with Crippen LogP contribution in [0.4, 0.5) is 5.69 Å². The molecule has 0 saturated heterocycles. The van der Waals surface area contributed by atoms with Crippen LogP contribution < -0.4 is 5.32 Å². The third-order valence-corrected chi connectivity index (χ3v) is 3.53. The third-order valence-electron chi connectivity index (χ3n) is 3.03. The predicted molar refractivity (Wildman–Crippen MR) is 88.3 cm³/mol. The average molecular weight is 348 g/mol. The van der Waals surface area contributed by atoms with Crippen LogP contribution in [0.15, 0.2) is 53.0 Å². The van der Waals surface area contributed by atoms with Gasteiger partial charge in [0.25, 0.3) is 0 Å². The Labute approximate surface area is 133 Å². The minimum absolute atomic E-state index is 0.280. The van der Waals surface area contributed by atoms with Crippen LogP contribution in [0.5, 0.6) is 0 Å². The molecule has 2 aromatic rings. The second-order valence-corrected chi connectivity index (χ2v) is 5.67. The van der Waals surface area contributed by atoms with Gasteiger partial charge in [-0.25, -0.2) is 4.79 Å². The number of anilines is 1. The van der Waals surface area contributed by atoms with Crippen molar-refractivity contribution in [3.8, 4) is 0 Å². The number of halogens is 1. The Morgan fingerprint density at radius 3 is 2.67 bits per heavy atom. The molecule has 0 aromatic heterocycles. The lowest BCUT2D eigenvalue weighted by Gasteiger charge is -2.19. The third kappa shape index (κ3) is 4.33. The van der Waals surface area contributed by atoms with Crippen molar-refractivity contribution in [2.45, 2.75) is 19.9 Å². The Balaban J connectivity index is 2.30. The zero-order valence-electron chi connectivity index (χ0n) is 12.1. The molecule has 2 rings (SSSR count). The molecule has 4 heteroatoms. The van der Waals surface area contributed by atoms with Crippen molar-refractivity contribution >= 4 is 27.6 Å². The minimum Gasteiger partial charge on any atom is -0.464 e. The highest BCUT2D eigenvalue weighted by Crippen LogP contribution is 2.24. The molecule has 2 aromatic carbocycles. The fourth-order valence-corrected chi connectivity index (χ4v) is 2.51. The first-order chi connectivity index (χ1) is 10.1. The number of esters is 1. The first-order valence-corrected chi connectivity index (χ1v) is 7.64. The number of benzene rings is 2. The fourth-order valence-electron chi connectivity index (χ4n) is 2.09. The maximum absolute atomic E-state index is 12.2. The van der Waals surface area contributed by atoms with Crippen LogP contribution in [0.25, 0.3) is 0 Å². The van der Waals surface area contributed by atoms with Gasteiger partial charge >= 0.3 is 5.97 Å². The molecule has 1 unspecified atom stereocenters. The molecule has 0 spiro atoms. The molecular formula is C17H18BrNO2. The monoisotopic (exact) mass is 347 g/mol. The zero-order chi connectivity index (χ0) is 15.2. The topological polar surface area (TPSA) is 38.3 Å². The molecule has 0 heterocycles. The van der Waals surface area contributed by atoms with Gasteiger partial charge in [0, 0.05) is 10.2 Å². The van der Waals surface area contributed by atoms with Crippen LogP contribution in [0.3, 0.4) is 0 Å². The maximum atomic E-state index is 12.2. The van der Waals surface area contributed by atoms with Gasteiger partial charge in [-0.1, -0.05) is 40.2 Å². The summed E-state index contributed by atoms with van der Waals surface area (Å²) in [4.78, 5) is 12.2. The van der Waals surface area contributed by atoms with Crippen LogP contribution in [0, 0.1) is 6.92 Å². The molecule has 21 heavy (non-hydrogen) atoms. The predicted octanol–water partition coefficient (Wildman–Crippen LogP) is 4.47. The van der Waals surface area contributed by atoms with Gasteiger partial charge in [-0.3, -0.25) is 0 Å². The van der Waals surface area contributed by atoms with Crippen LogP contribution >= 0.6 is 15.9 Å². The zero-order valence-corrected chi connectivity index (χ0v) is 13.7. The van der Waals surface area contributed by atoms with E-state index in [9.17, 15) is 4.79 Å². The van der Waals surface area contributed by atoms with E-state index in [0.29, 0.717) is 6.61 Å². The van der Waals surface area contributed by atoms with Crippen molar-refractivity contribution in [3.63, 3.8) is 0 Å². The summed E-state index contributed by atoms with van der Waals surface area (Å²) in [6.45, 7) is 4.19. The molecule has 0 aliphatic carbocycles. The van der Waals surface area contributed by atoms with E-state index in [2.05, 4.69) is 21.2 Å². The highest BCUT2D eigenvalue weighted by atomic mass is 79.9. The molecule has 1 atom stereocenters. The van der Waals surface area contributed by atoms with E-state index in [1.807, 2.05) is 62.4 Å². The van der Waals surface area contributed by atoms with Crippen molar-refractivity contribution in [2.75, 3.05) is 11.9 Å². The SMILES string of the molecule is CCOC(=O)C(Nc1cccc(C)c1)c1cccc(Br)c1. The average Bonchev–Trinajstić information content (AvgIpc) is 2.45. The fraction of sp³-hybridized carbons (Fsp3) is 0.235. The maximum Gasteiger partial charge on any atom is 0.333 e. The van der Waals surface area contributed by atoms with Gasteiger partial charge in [-0.2, -0.15) is 0 Å². The Morgan fingerprint density at radius 2 is 2.00 bits per heavy atom. The Hall–Kier alpha value is -1.81. The highest BCUT2D eigenvalue weighted by Gasteiger charge is 2.22. The van der Waals surface area contributed by atoms with Crippen LogP contribution in [0.1, 0.15) is 24.1 Å². The Bertz CT molecular complexity index is 628. The second-order valence-electron chi connectivity index (χ2n) is 4.75. The normalized spacial score (nSPS) is 11.8. The van der Waals surface area contributed by atoms with Crippen LogP contribution in [-0.2, 0) is 9.53 Å². The van der Waals surface area contributed by atoms with Crippen molar-refractivity contribution in [1.82, 2.24) is 0 Å². The molecular weight excluding hydrogens is 330 g/mol. The highest BCUT2D eigenvalue weighted by molar-refractivity contribution is 9.10. The van der Waals surface area contributed by atoms with E-state index in [4.69, 9.17) is 4.74 Å². The number of hydrogen-bond acceptors (Lipinski definition) is 3. The molecule has 3 nitrogen and oxygen atoms in total. The first kappa shape index (κ1) is 15.6. The molecule has 110 valence electrons. The van der Waals surface area contributed by atoms with E-state index in [-0.39, 0.29) is 5.97 Å². The van der Waals surface area contributed by atoms with E-state index in [1.165, 1.54) is 0 Å². The van der Waals surface area contributed by atoms with Gasteiger partial charge < -0.3 is 10.1 Å². The van der Waals surface area contributed by atoms with Crippen molar-refractivity contribution in [3.05, 3.63) is 64.1 Å². The summed E-state index contributed by atoms with van der Waals surface area (Å²) >= 11 is 3.44. The van der Waals surface area contributed by atoms with E-state index < -0.39 is 6.04 Å². The van der Waals surface area contributed by atoms with E-state index in [1.54, 1.807) is 0 Å².